The van der Waals surface area contributed by atoms with Crippen molar-refractivity contribution in [1.82, 2.24) is 24.7 Å². The van der Waals surface area contributed by atoms with Crippen LogP contribution in [0.5, 0.6) is 0 Å². The van der Waals surface area contributed by atoms with E-state index >= 15 is 0 Å². The molecule has 1 N–H and O–H groups in total. The van der Waals surface area contributed by atoms with Gasteiger partial charge in [-0.2, -0.15) is 0 Å². The molecule has 0 atom stereocenters. The summed E-state index contributed by atoms with van der Waals surface area (Å²) in [5.74, 6) is 1.09. The number of carbonyl (C=O) groups is 1. The van der Waals surface area contributed by atoms with Crippen molar-refractivity contribution in [2.24, 2.45) is 7.05 Å². The number of halogens is 1. The summed E-state index contributed by atoms with van der Waals surface area (Å²) in [6.07, 6.45) is 1.69. The van der Waals surface area contributed by atoms with Gasteiger partial charge in [-0.3, -0.25) is 14.6 Å². The first-order valence-electron chi connectivity index (χ1n) is 8.50. The Kier molecular flexibility index (Phi) is 5.73. The van der Waals surface area contributed by atoms with Crippen molar-refractivity contribution in [3.05, 3.63) is 41.7 Å². The molecule has 0 unspecified atom stereocenters. The van der Waals surface area contributed by atoms with Gasteiger partial charge in [-0.05, 0) is 18.2 Å². The molecule has 3 rings (SSSR count). The second kappa shape index (κ2) is 7.99. The van der Waals surface area contributed by atoms with Gasteiger partial charge in [-0.15, -0.1) is 6.58 Å². The zero-order valence-corrected chi connectivity index (χ0v) is 15.3. The molecule has 2 aromatic rings. The van der Waals surface area contributed by atoms with Crippen LogP contribution < -0.4 is 5.32 Å². The highest BCUT2D eigenvalue weighted by atomic mass is 35.5. The first kappa shape index (κ1) is 17.9. The number of hydrogen-bond donors (Lipinski definition) is 1. The Balaban J connectivity index is 1.55. The van der Waals surface area contributed by atoms with Gasteiger partial charge in [0.15, 0.2) is 0 Å². The Hall–Kier alpha value is -1.89. The Labute approximate surface area is 153 Å². The lowest BCUT2D eigenvalue weighted by Gasteiger charge is -2.34. The van der Waals surface area contributed by atoms with Gasteiger partial charge in [0.2, 0.25) is 5.91 Å². The molecule has 0 aliphatic carbocycles. The zero-order chi connectivity index (χ0) is 17.8. The quantitative estimate of drug-likeness (QED) is 0.795. The number of amides is 1. The molecule has 0 saturated carbocycles. The smallest absolute Gasteiger partial charge is 0.234 e. The molecule has 1 aromatic heterocycles. The lowest BCUT2D eigenvalue weighted by molar-refractivity contribution is -0.122. The van der Waals surface area contributed by atoms with Gasteiger partial charge in [0.05, 0.1) is 24.1 Å². The van der Waals surface area contributed by atoms with Crippen LogP contribution in [-0.4, -0.2) is 64.5 Å². The van der Waals surface area contributed by atoms with Gasteiger partial charge >= 0.3 is 0 Å². The third kappa shape index (κ3) is 4.39. The Bertz CT molecular complexity index is 764. The van der Waals surface area contributed by atoms with E-state index in [9.17, 15) is 4.79 Å². The number of hydrogen-bond acceptors (Lipinski definition) is 4. The largest absolute Gasteiger partial charge is 0.352 e. The molecule has 1 aliphatic rings. The maximum atomic E-state index is 11.8. The van der Waals surface area contributed by atoms with Crippen LogP contribution in [-0.2, 0) is 18.4 Å². The first-order valence-corrected chi connectivity index (χ1v) is 8.88. The monoisotopic (exact) mass is 361 g/mol. The van der Waals surface area contributed by atoms with E-state index in [1.807, 2.05) is 25.2 Å². The molecule has 1 fully saturated rings. The molecule has 1 saturated heterocycles. The van der Waals surface area contributed by atoms with Crippen LogP contribution in [0.25, 0.3) is 11.0 Å². The van der Waals surface area contributed by atoms with Gasteiger partial charge in [-0.1, -0.05) is 17.7 Å². The van der Waals surface area contributed by atoms with Crippen LogP contribution in [0.4, 0.5) is 0 Å². The fourth-order valence-corrected chi connectivity index (χ4v) is 3.28. The highest BCUT2D eigenvalue weighted by Crippen LogP contribution is 2.20. The molecule has 0 radical (unpaired) electrons. The minimum Gasteiger partial charge on any atom is -0.352 e. The predicted octanol–water partition coefficient (Wildman–Crippen LogP) is 1.65. The molecule has 1 aromatic carbocycles. The number of nitrogens with one attached hydrogen (secondary N) is 1. The minimum absolute atomic E-state index is 0.0561. The topological polar surface area (TPSA) is 53.4 Å². The molecule has 0 spiro atoms. The Morgan fingerprint density at radius 3 is 2.76 bits per heavy atom. The van der Waals surface area contributed by atoms with E-state index in [0.29, 0.717) is 18.1 Å². The van der Waals surface area contributed by atoms with Crippen molar-refractivity contribution in [3.63, 3.8) is 0 Å². The maximum Gasteiger partial charge on any atom is 0.234 e. The van der Waals surface area contributed by atoms with E-state index in [-0.39, 0.29) is 5.91 Å². The van der Waals surface area contributed by atoms with Crippen LogP contribution in [0.3, 0.4) is 0 Å². The highest BCUT2D eigenvalue weighted by Gasteiger charge is 2.20. The van der Waals surface area contributed by atoms with Crippen LogP contribution in [0, 0.1) is 0 Å². The van der Waals surface area contributed by atoms with Gasteiger partial charge in [-0.25, -0.2) is 4.98 Å². The third-order valence-corrected chi connectivity index (χ3v) is 4.81. The number of nitrogens with zero attached hydrogens (tertiary/aromatic N) is 4. The fourth-order valence-electron chi connectivity index (χ4n) is 3.11. The van der Waals surface area contributed by atoms with Crippen molar-refractivity contribution in [3.8, 4) is 0 Å². The lowest BCUT2D eigenvalue weighted by Crippen LogP contribution is -2.49. The Morgan fingerprint density at radius 2 is 2.04 bits per heavy atom. The first-order chi connectivity index (χ1) is 12.1. The summed E-state index contributed by atoms with van der Waals surface area (Å²) in [6, 6.07) is 5.81. The predicted molar refractivity (Wildman–Crippen MR) is 101 cm³/mol. The summed E-state index contributed by atoms with van der Waals surface area (Å²) in [6.45, 7) is 9.02. The van der Waals surface area contributed by atoms with Crippen LogP contribution in [0.1, 0.15) is 5.82 Å². The zero-order valence-electron chi connectivity index (χ0n) is 14.5. The summed E-state index contributed by atoms with van der Waals surface area (Å²) in [7, 11) is 2.04. The van der Waals surface area contributed by atoms with Crippen molar-refractivity contribution in [2.75, 3.05) is 39.3 Å². The summed E-state index contributed by atoms with van der Waals surface area (Å²) in [5, 5.41) is 3.53. The van der Waals surface area contributed by atoms with E-state index in [0.717, 1.165) is 49.6 Å². The number of imidazole rings is 1. The summed E-state index contributed by atoms with van der Waals surface area (Å²) in [5.41, 5.74) is 2.03. The maximum absolute atomic E-state index is 11.8. The van der Waals surface area contributed by atoms with Crippen molar-refractivity contribution in [2.45, 2.75) is 6.54 Å². The third-order valence-electron chi connectivity index (χ3n) is 4.58. The molecule has 1 aliphatic heterocycles. The molecular weight excluding hydrogens is 338 g/mol. The second-order valence-corrected chi connectivity index (χ2v) is 6.80. The van der Waals surface area contributed by atoms with Crippen molar-refractivity contribution < 1.29 is 4.79 Å². The van der Waals surface area contributed by atoms with Crippen molar-refractivity contribution >= 4 is 28.5 Å². The van der Waals surface area contributed by atoms with Crippen molar-refractivity contribution in [1.29, 1.82) is 0 Å². The average Bonchev–Trinajstić information content (AvgIpc) is 2.90. The number of aromatic nitrogens is 2. The number of rotatable bonds is 6. The van der Waals surface area contributed by atoms with Gasteiger partial charge in [0.25, 0.3) is 0 Å². The number of aryl methyl sites for hydroxylation is 1. The molecule has 7 heteroatoms. The molecule has 0 bridgehead atoms. The summed E-state index contributed by atoms with van der Waals surface area (Å²) in [4.78, 5) is 21.1. The van der Waals surface area contributed by atoms with E-state index in [1.165, 1.54) is 0 Å². The molecule has 25 heavy (non-hydrogen) atoms. The number of piperazine rings is 1. The van der Waals surface area contributed by atoms with E-state index in [1.54, 1.807) is 6.08 Å². The normalized spacial score (nSPS) is 16.2. The number of benzene rings is 1. The van der Waals surface area contributed by atoms with E-state index in [4.69, 9.17) is 16.6 Å². The fraction of sp³-hybridized carbons (Fsp3) is 0.444. The van der Waals surface area contributed by atoms with Crippen LogP contribution in [0.15, 0.2) is 30.9 Å². The lowest BCUT2D eigenvalue weighted by atomic mass is 10.3. The van der Waals surface area contributed by atoms with E-state index < -0.39 is 0 Å². The summed E-state index contributed by atoms with van der Waals surface area (Å²) >= 11 is 6.06. The van der Waals surface area contributed by atoms with Crippen LogP contribution >= 0.6 is 11.6 Å². The molecule has 2 heterocycles. The Morgan fingerprint density at radius 1 is 1.32 bits per heavy atom. The average molecular weight is 362 g/mol. The van der Waals surface area contributed by atoms with E-state index in [2.05, 4.69) is 26.3 Å². The number of fused-ring (bicyclic) bond motifs is 1. The van der Waals surface area contributed by atoms with Crippen LogP contribution in [0.2, 0.25) is 5.02 Å². The highest BCUT2D eigenvalue weighted by molar-refractivity contribution is 6.31. The SMILES string of the molecule is C=CCNC(=O)CN1CCN(Cc2nc3cc(Cl)ccc3n2C)CC1. The second-order valence-electron chi connectivity index (χ2n) is 6.37. The molecule has 134 valence electrons. The van der Waals surface area contributed by atoms with Gasteiger partial charge < -0.3 is 9.88 Å². The molecular formula is C18H24ClN5O. The van der Waals surface area contributed by atoms with Gasteiger partial charge in [0.1, 0.15) is 5.82 Å². The standard InChI is InChI=1S/C18H24ClN5O/c1-3-6-20-18(25)13-24-9-7-23(8-10-24)12-17-21-15-11-14(19)4-5-16(15)22(17)2/h3-5,11H,1,6-10,12-13H2,2H3,(H,20,25). The molecule has 6 nitrogen and oxygen atoms in total. The minimum atomic E-state index is 0.0561. The molecule has 1 amide bonds. The van der Waals surface area contributed by atoms with Gasteiger partial charge in [0, 0.05) is 44.8 Å². The number of carbonyl (C=O) groups excluding carboxylic acids is 1. The summed E-state index contributed by atoms with van der Waals surface area (Å²) < 4.78 is 2.13.